The molecule has 0 radical (unpaired) electrons. The highest BCUT2D eigenvalue weighted by Gasteiger charge is 2.36. The monoisotopic (exact) mass is 207 g/mol. The van der Waals surface area contributed by atoms with Crippen molar-refractivity contribution in [1.29, 1.82) is 0 Å². The number of hydrogen-bond acceptors (Lipinski definition) is 3. The van der Waals surface area contributed by atoms with Crippen LogP contribution < -0.4 is 11.1 Å². The first kappa shape index (κ1) is 9.96. The zero-order chi connectivity index (χ0) is 10.9. The van der Waals surface area contributed by atoms with E-state index in [1.807, 2.05) is 13.0 Å². The molecule has 0 fully saturated rings. The van der Waals surface area contributed by atoms with Gasteiger partial charge in [0.2, 0.25) is 0 Å². The Kier molecular flexibility index (Phi) is 2.34. The van der Waals surface area contributed by atoms with Gasteiger partial charge in [0.05, 0.1) is 12.1 Å². The predicted octanol–water partition coefficient (Wildman–Crippen LogP) is 1.35. The largest absolute Gasteiger partial charge is 0.370 e. The molecule has 4 heteroatoms. The summed E-state index contributed by atoms with van der Waals surface area (Å²) in [6, 6.07) is 6.75. The second kappa shape index (κ2) is 3.53. The third-order valence-corrected chi connectivity index (χ3v) is 2.88. The van der Waals surface area contributed by atoms with E-state index >= 15 is 0 Å². The molecule has 1 aromatic rings. The highest BCUT2D eigenvalue weighted by Crippen LogP contribution is 2.29. The van der Waals surface area contributed by atoms with E-state index in [2.05, 4.69) is 10.3 Å². The maximum atomic E-state index is 13.7. The molecule has 1 heterocycles. The molecule has 2 rings (SSSR count). The molecule has 0 aromatic heterocycles. The van der Waals surface area contributed by atoms with Gasteiger partial charge in [0.15, 0.2) is 5.96 Å². The third kappa shape index (κ3) is 1.56. The number of nitrogens with one attached hydrogen (secondary N) is 1. The summed E-state index contributed by atoms with van der Waals surface area (Å²) >= 11 is 0. The molecule has 3 nitrogen and oxygen atoms in total. The van der Waals surface area contributed by atoms with Crippen LogP contribution in [0.25, 0.3) is 0 Å². The van der Waals surface area contributed by atoms with Crippen molar-refractivity contribution in [3.8, 4) is 0 Å². The van der Waals surface area contributed by atoms with Gasteiger partial charge in [0.1, 0.15) is 5.82 Å². The van der Waals surface area contributed by atoms with E-state index in [0.29, 0.717) is 18.1 Å². The Hall–Kier alpha value is -1.58. The van der Waals surface area contributed by atoms with Crippen LogP contribution in [-0.2, 0) is 5.54 Å². The van der Waals surface area contributed by atoms with E-state index in [0.717, 1.165) is 6.42 Å². The van der Waals surface area contributed by atoms with Crippen molar-refractivity contribution in [2.75, 3.05) is 6.54 Å². The van der Waals surface area contributed by atoms with Crippen molar-refractivity contribution in [2.24, 2.45) is 10.7 Å². The van der Waals surface area contributed by atoms with Crippen LogP contribution in [-0.4, -0.2) is 12.5 Å². The minimum absolute atomic E-state index is 0.211. The van der Waals surface area contributed by atoms with Gasteiger partial charge in [-0.3, -0.25) is 4.99 Å². The number of rotatable bonds is 2. The second-order valence-corrected chi connectivity index (χ2v) is 3.74. The van der Waals surface area contributed by atoms with Gasteiger partial charge in [-0.2, -0.15) is 0 Å². The summed E-state index contributed by atoms with van der Waals surface area (Å²) in [5.74, 6) is 0.178. The van der Waals surface area contributed by atoms with Crippen LogP contribution in [0, 0.1) is 5.82 Å². The van der Waals surface area contributed by atoms with E-state index < -0.39 is 5.54 Å². The van der Waals surface area contributed by atoms with Crippen LogP contribution in [0.15, 0.2) is 29.3 Å². The first-order valence-corrected chi connectivity index (χ1v) is 5.01. The molecule has 1 aliphatic heterocycles. The molecule has 1 aromatic carbocycles. The summed E-state index contributed by atoms with van der Waals surface area (Å²) in [6.45, 7) is 2.49. The third-order valence-electron chi connectivity index (χ3n) is 2.88. The molecule has 0 saturated heterocycles. The summed E-state index contributed by atoms with van der Waals surface area (Å²) in [5.41, 5.74) is 5.76. The quantitative estimate of drug-likeness (QED) is 0.769. The lowest BCUT2D eigenvalue weighted by Gasteiger charge is -2.28. The van der Waals surface area contributed by atoms with Crippen LogP contribution in [0.3, 0.4) is 0 Å². The Labute approximate surface area is 88.2 Å². The molecule has 15 heavy (non-hydrogen) atoms. The fourth-order valence-electron chi connectivity index (χ4n) is 1.94. The van der Waals surface area contributed by atoms with Crippen molar-refractivity contribution in [2.45, 2.75) is 18.9 Å². The van der Waals surface area contributed by atoms with Gasteiger partial charge in [0, 0.05) is 5.56 Å². The number of benzene rings is 1. The van der Waals surface area contributed by atoms with E-state index in [1.165, 1.54) is 6.07 Å². The van der Waals surface area contributed by atoms with Gasteiger partial charge >= 0.3 is 0 Å². The average molecular weight is 207 g/mol. The molecule has 3 N–H and O–H groups in total. The van der Waals surface area contributed by atoms with Crippen molar-refractivity contribution in [3.05, 3.63) is 35.6 Å². The topological polar surface area (TPSA) is 50.4 Å². The average Bonchev–Trinajstić information content (AvgIpc) is 2.62. The van der Waals surface area contributed by atoms with Gasteiger partial charge in [-0.1, -0.05) is 25.1 Å². The lowest BCUT2D eigenvalue weighted by molar-refractivity contribution is 0.394. The summed E-state index contributed by atoms with van der Waals surface area (Å²) < 4.78 is 13.7. The molecular formula is C11H14FN3. The smallest absolute Gasteiger partial charge is 0.189 e. The highest BCUT2D eigenvalue weighted by molar-refractivity contribution is 5.81. The van der Waals surface area contributed by atoms with Crippen molar-refractivity contribution in [1.82, 2.24) is 5.32 Å². The van der Waals surface area contributed by atoms with Crippen molar-refractivity contribution < 1.29 is 4.39 Å². The predicted molar refractivity (Wildman–Crippen MR) is 58.0 cm³/mol. The fraction of sp³-hybridized carbons (Fsp3) is 0.364. The van der Waals surface area contributed by atoms with Gasteiger partial charge in [0.25, 0.3) is 0 Å². The van der Waals surface area contributed by atoms with Crippen molar-refractivity contribution >= 4 is 5.96 Å². The zero-order valence-electron chi connectivity index (χ0n) is 8.63. The molecule has 0 saturated carbocycles. The number of nitrogens with two attached hydrogens (primary N) is 1. The van der Waals surface area contributed by atoms with Crippen LogP contribution in [0.1, 0.15) is 18.9 Å². The molecule has 0 bridgehead atoms. The molecular weight excluding hydrogens is 193 g/mol. The molecule has 1 atom stereocenters. The summed E-state index contributed by atoms with van der Waals surface area (Å²) in [5, 5.41) is 3.06. The van der Waals surface area contributed by atoms with E-state index in [1.54, 1.807) is 12.1 Å². The molecule has 0 amide bonds. The summed E-state index contributed by atoms with van der Waals surface area (Å²) in [6.07, 6.45) is 0.748. The number of nitrogens with zero attached hydrogens (tertiary/aromatic N) is 1. The van der Waals surface area contributed by atoms with Gasteiger partial charge < -0.3 is 11.1 Å². The van der Waals surface area contributed by atoms with Gasteiger partial charge in [-0.05, 0) is 12.5 Å². The Morgan fingerprint density at radius 3 is 2.80 bits per heavy atom. The van der Waals surface area contributed by atoms with Crippen LogP contribution in [0.2, 0.25) is 0 Å². The summed E-state index contributed by atoms with van der Waals surface area (Å²) in [7, 11) is 0. The number of hydrogen-bond donors (Lipinski definition) is 2. The standard InChI is InChI=1S/C11H14FN3/c1-2-11(7-14-10(13)15-11)8-5-3-4-6-9(8)12/h3-6H,2,7H2,1H3,(H3,13,14,15). The first-order valence-electron chi connectivity index (χ1n) is 5.01. The normalized spacial score (nSPS) is 24.8. The second-order valence-electron chi connectivity index (χ2n) is 3.74. The molecule has 1 aliphatic rings. The first-order chi connectivity index (χ1) is 7.18. The SMILES string of the molecule is CCC1(c2ccccc2F)CN=C(N)N1. The number of guanidine groups is 1. The number of aliphatic imine (C=N–C) groups is 1. The van der Waals surface area contributed by atoms with E-state index in [9.17, 15) is 4.39 Å². The number of halogens is 1. The lowest BCUT2D eigenvalue weighted by Crippen LogP contribution is -2.45. The lowest BCUT2D eigenvalue weighted by atomic mass is 9.87. The maximum Gasteiger partial charge on any atom is 0.189 e. The van der Waals surface area contributed by atoms with Crippen LogP contribution >= 0.6 is 0 Å². The van der Waals surface area contributed by atoms with Crippen molar-refractivity contribution in [3.63, 3.8) is 0 Å². The van der Waals surface area contributed by atoms with Crippen LogP contribution in [0.5, 0.6) is 0 Å². The minimum atomic E-state index is -0.463. The molecule has 1 unspecified atom stereocenters. The Morgan fingerprint density at radius 1 is 1.53 bits per heavy atom. The molecule has 0 spiro atoms. The van der Waals surface area contributed by atoms with E-state index in [-0.39, 0.29) is 5.82 Å². The fourth-order valence-corrected chi connectivity index (χ4v) is 1.94. The Bertz CT molecular complexity index is 403. The van der Waals surface area contributed by atoms with Crippen LogP contribution in [0.4, 0.5) is 4.39 Å². The van der Waals surface area contributed by atoms with Gasteiger partial charge in [-0.25, -0.2) is 4.39 Å². The van der Waals surface area contributed by atoms with E-state index in [4.69, 9.17) is 5.73 Å². The van der Waals surface area contributed by atoms with Gasteiger partial charge in [-0.15, -0.1) is 0 Å². The molecule has 80 valence electrons. The summed E-state index contributed by atoms with van der Waals surface area (Å²) in [4.78, 5) is 4.09. The Balaban J connectivity index is 2.41. The Morgan fingerprint density at radius 2 is 2.27 bits per heavy atom. The highest BCUT2D eigenvalue weighted by atomic mass is 19.1. The minimum Gasteiger partial charge on any atom is -0.370 e. The molecule has 0 aliphatic carbocycles. The maximum absolute atomic E-state index is 13.7. The zero-order valence-corrected chi connectivity index (χ0v) is 8.63.